The molecule has 0 spiro atoms. The van der Waals surface area contributed by atoms with Gasteiger partial charge in [-0.3, -0.25) is 0 Å². The number of hydrogen-bond acceptors (Lipinski definition) is 2. The van der Waals surface area contributed by atoms with Gasteiger partial charge in [0.25, 0.3) is 0 Å². The Hall–Kier alpha value is -0.630. The first-order chi connectivity index (χ1) is 5.83. The first kappa shape index (κ1) is 9.46. The molecule has 0 fully saturated rings. The number of halogens is 1. The molecule has 1 aromatic heterocycles. The zero-order chi connectivity index (χ0) is 8.81. The molecular weight excluding hydrogens is 172 g/mol. The van der Waals surface area contributed by atoms with Crippen LogP contribution >= 0.6 is 11.6 Å². The molecule has 3 heteroatoms. The molecule has 1 rings (SSSR count). The van der Waals surface area contributed by atoms with E-state index in [1.807, 2.05) is 12.1 Å². The van der Waals surface area contributed by atoms with Crippen LogP contribution in [0.15, 0.2) is 18.3 Å². The summed E-state index contributed by atoms with van der Waals surface area (Å²) in [7, 11) is 0. The highest BCUT2D eigenvalue weighted by Gasteiger charge is 2.04. The summed E-state index contributed by atoms with van der Waals surface area (Å²) < 4.78 is 0. The highest BCUT2D eigenvalue weighted by Crippen LogP contribution is 2.10. The molecule has 0 N–H and O–H groups in total. The lowest BCUT2D eigenvalue weighted by atomic mass is 10.1. The van der Waals surface area contributed by atoms with Crippen LogP contribution in [0.4, 0.5) is 0 Å². The maximum absolute atomic E-state index is 6.05. The van der Waals surface area contributed by atoms with Crippen LogP contribution < -0.4 is 0 Å². The lowest BCUT2D eigenvalue weighted by Crippen LogP contribution is -2.04. The lowest BCUT2D eigenvalue weighted by Gasteiger charge is -2.05. The summed E-state index contributed by atoms with van der Waals surface area (Å²) in [6, 6.07) is 3.84. The van der Waals surface area contributed by atoms with E-state index in [1.165, 1.54) is 0 Å². The Balaban J connectivity index is 2.41. The molecule has 1 unspecified atom stereocenters. The Morgan fingerprint density at radius 2 is 2.42 bits per heavy atom. The van der Waals surface area contributed by atoms with Gasteiger partial charge in [0, 0.05) is 18.0 Å². The van der Waals surface area contributed by atoms with E-state index >= 15 is 0 Å². The van der Waals surface area contributed by atoms with Gasteiger partial charge in [-0.1, -0.05) is 13.3 Å². The molecular formula is C9H13ClN2. The van der Waals surface area contributed by atoms with E-state index in [9.17, 15) is 0 Å². The van der Waals surface area contributed by atoms with Crippen LogP contribution in [0.2, 0.25) is 0 Å². The summed E-state index contributed by atoms with van der Waals surface area (Å²) in [5.74, 6) is 0. The fourth-order valence-electron chi connectivity index (χ4n) is 1.08. The topological polar surface area (TPSA) is 25.8 Å². The van der Waals surface area contributed by atoms with Crippen molar-refractivity contribution in [3.63, 3.8) is 0 Å². The second-order valence-electron chi connectivity index (χ2n) is 2.81. The Labute approximate surface area is 78.0 Å². The molecule has 0 aliphatic carbocycles. The molecule has 1 atom stereocenters. The summed E-state index contributed by atoms with van der Waals surface area (Å²) in [5.41, 5.74) is 0.978. The van der Waals surface area contributed by atoms with Crippen molar-refractivity contribution in [2.24, 2.45) is 0 Å². The SMILES string of the molecule is CCCC(Cl)Cc1cccnn1. The van der Waals surface area contributed by atoms with Gasteiger partial charge in [0.05, 0.1) is 5.69 Å². The third-order valence-electron chi connectivity index (χ3n) is 1.66. The number of alkyl halides is 1. The van der Waals surface area contributed by atoms with E-state index in [4.69, 9.17) is 11.6 Å². The van der Waals surface area contributed by atoms with Gasteiger partial charge >= 0.3 is 0 Å². The maximum Gasteiger partial charge on any atom is 0.0645 e. The number of rotatable bonds is 4. The van der Waals surface area contributed by atoms with E-state index in [1.54, 1.807) is 6.20 Å². The quantitative estimate of drug-likeness (QED) is 0.672. The molecule has 0 saturated carbocycles. The molecule has 1 heterocycles. The summed E-state index contributed by atoms with van der Waals surface area (Å²) >= 11 is 6.05. The summed E-state index contributed by atoms with van der Waals surface area (Å²) in [5, 5.41) is 7.96. The Morgan fingerprint density at radius 1 is 1.58 bits per heavy atom. The lowest BCUT2D eigenvalue weighted by molar-refractivity contribution is 0.708. The van der Waals surface area contributed by atoms with Crippen molar-refractivity contribution in [1.82, 2.24) is 10.2 Å². The van der Waals surface area contributed by atoms with Gasteiger partial charge in [-0.25, -0.2) is 0 Å². The van der Waals surface area contributed by atoms with Crippen molar-refractivity contribution in [1.29, 1.82) is 0 Å². The van der Waals surface area contributed by atoms with E-state index in [0.29, 0.717) is 0 Å². The van der Waals surface area contributed by atoms with E-state index < -0.39 is 0 Å². The second-order valence-corrected chi connectivity index (χ2v) is 3.42. The third-order valence-corrected chi connectivity index (χ3v) is 2.03. The smallest absolute Gasteiger partial charge is 0.0645 e. The molecule has 1 aromatic rings. The van der Waals surface area contributed by atoms with Crippen molar-refractivity contribution in [2.45, 2.75) is 31.6 Å². The Morgan fingerprint density at radius 3 is 3.00 bits per heavy atom. The van der Waals surface area contributed by atoms with Gasteiger partial charge < -0.3 is 0 Å². The highest BCUT2D eigenvalue weighted by molar-refractivity contribution is 6.20. The average Bonchev–Trinajstić information content (AvgIpc) is 2.06. The van der Waals surface area contributed by atoms with Crippen molar-refractivity contribution in [3.8, 4) is 0 Å². The van der Waals surface area contributed by atoms with Crippen LogP contribution in [0.5, 0.6) is 0 Å². The predicted octanol–water partition coefficient (Wildman–Crippen LogP) is 2.43. The molecule has 0 radical (unpaired) electrons. The summed E-state index contributed by atoms with van der Waals surface area (Å²) in [4.78, 5) is 0. The minimum Gasteiger partial charge on any atom is -0.159 e. The van der Waals surface area contributed by atoms with E-state index in [-0.39, 0.29) is 5.38 Å². The van der Waals surface area contributed by atoms with Crippen LogP contribution in [0.1, 0.15) is 25.5 Å². The first-order valence-corrected chi connectivity index (χ1v) is 4.67. The second kappa shape index (κ2) is 5.09. The molecule has 0 amide bonds. The van der Waals surface area contributed by atoms with Crippen LogP contribution in [0, 0.1) is 0 Å². The first-order valence-electron chi connectivity index (χ1n) is 4.23. The fourth-order valence-corrected chi connectivity index (χ4v) is 1.46. The van der Waals surface area contributed by atoms with Crippen LogP contribution in [-0.2, 0) is 6.42 Å². The third kappa shape index (κ3) is 3.18. The van der Waals surface area contributed by atoms with Gasteiger partial charge in [0.1, 0.15) is 0 Å². The summed E-state index contributed by atoms with van der Waals surface area (Å²) in [6.07, 6.45) is 4.66. The number of nitrogens with zero attached hydrogens (tertiary/aromatic N) is 2. The number of hydrogen-bond donors (Lipinski definition) is 0. The van der Waals surface area contributed by atoms with Gasteiger partial charge in [-0.15, -0.1) is 11.6 Å². The van der Waals surface area contributed by atoms with E-state index in [2.05, 4.69) is 17.1 Å². The zero-order valence-corrected chi connectivity index (χ0v) is 7.96. The average molecular weight is 185 g/mol. The largest absolute Gasteiger partial charge is 0.159 e. The minimum atomic E-state index is 0.201. The monoisotopic (exact) mass is 184 g/mol. The predicted molar refractivity (Wildman–Crippen MR) is 50.3 cm³/mol. The van der Waals surface area contributed by atoms with Gasteiger partial charge in [-0.2, -0.15) is 10.2 Å². The summed E-state index contributed by atoms with van der Waals surface area (Å²) in [6.45, 7) is 2.13. The number of aromatic nitrogens is 2. The molecule has 0 bridgehead atoms. The molecule has 2 nitrogen and oxygen atoms in total. The Bertz CT molecular complexity index is 213. The molecule has 66 valence electrons. The van der Waals surface area contributed by atoms with Crippen molar-refractivity contribution < 1.29 is 0 Å². The minimum absolute atomic E-state index is 0.201. The normalized spacial score (nSPS) is 12.8. The van der Waals surface area contributed by atoms with Crippen LogP contribution in [0.25, 0.3) is 0 Å². The van der Waals surface area contributed by atoms with Gasteiger partial charge in [-0.05, 0) is 18.6 Å². The maximum atomic E-state index is 6.05. The van der Waals surface area contributed by atoms with Gasteiger partial charge in [0.15, 0.2) is 0 Å². The van der Waals surface area contributed by atoms with Crippen molar-refractivity contribution in [2.75, 3.05) is 0 Å². The van der Waals surface area contributed by atoms with Gasteiger partial charge in [0.2, 0.25) is 0 Å². The highest BCUT2D eigenvalue weighted by atomic mass is 35.5. The van der Waals surface area contributed by atoms with Crippen LogP contribution in [0.3, 0.4) is 0 Å². The van der Waals surface area contributed by atoms with Crippen LogP contribution in [-0.4, -0.2) is 15.6 Å². The van der Waals surface area contributed by atoms with Crippen molar-refractivity contribution in [3.05, 3.63) is 24.0 Å². The fraction of sp³-hybridized carbons (Fsp3) is 0.556. The van der Waals surface area contributed by atoms with E-state index in [0.717, 1.165) is 25.0 Å². The standard InChI is InChI=1S/C9H13ClN2/c1-2-4-8(10)7-9-5-3-6-11-12-9/h3,5-6,8H,2,4,7H2,1H3. The zero-order valence-electron chi connectivity index (χ0n) is 7.20. The molecule has 0 aromatic carbocycles. The molecule has 0 aliphatic rings. The molecule has 0 aliphatic heterocycles. The Kier molecular flexibility index (Phi) is 4.01. The van der Waals surface area contributed by atoms with Crippen molar-refractivity contribution >= 4 is 11.6 Å². The molecule has 0 saturated heterocycles. The molecule has 12 heavy (non-hydrogen) atoms.